The number of benzene rings is 4. The summed E-state index contributed by atoms with van der Waals surface area (Å²) in [5, 5.41) is 4.62. The smallest absolute Gasteiger partial charge is 0.235 e. The summed E-state index contributed by atoms with van der Waals surface area (Å²) in [6.45, 7) is 0. The first-order valence-corrected chi connectivity index (χ1v) is 10.7. The molecule has 4 heteroatoms. The number of nitrogens with zero attached hydrogens (tertiary/aromatic N) is 4. The zero-order chi connectivity index (χ0) is 21.1. The first-order valence-electron chi connectivity index (χ1n) is 10.7. The van der Waals surface area contributed by atoms with Gasteiger partial charge in [0.05, 0.1) is 22.1 Å². The van der Waals surface area contributed by atoms with Crippen LogP contribution in [-0.4, -0.2) is 19.1 Å². The van der Waals surface area contributed by atoms with Crippen LogP contribution < -0.4 is 0 Å². The monoisotopic (exact) mass is 410 g/mol. The summed E-state index contributed by atoms with van der Waals surface area (Å²) >= 11 is 0. The molecule has 0 aliphatic rings. The third-order valence-electron chi connectivity index (χ3n) is 6.19. The van der Waals surface area contributed by atoms with Gasteiger partial charge in [0.25, 0.3) is 0 Å². The maximum atomic E-state index is 4.90. The van der Waals surface area contributed by atoms with Crippen LogP contribution in [0.3, 0.4) is 0 Å². The molecule has 0 aliphatic heterocycles. The Morgan fingerprint density at radius 3 is 2.34 bits per heavy atom. The number of fused-ring (bicyclic) bond motifs is 5. The summed E-state index contributed by atoms with van der Waals surface area (Å²) in [7, 11) is 0. The highest BCUT2D eigenvalue weighted by Crippen LogP contribution is 2.35. The molecule has 4 nitrogen and oxygen atoms in total. The van der Waals surface area contributed by atoms with Crippen molar-refractivity contribution in [3.8, 4) is 11.6 Å². The molecule has 32 heavy (non-hydrogen) atoms. The van der Waals surface area contributed by atoms with Gasteiger partial charge in [0.15, 0.2) is 0 Å². The second kappa shape index (κ2) is 6.53. The average molecular weight is 410 g/mol. The fraction of sp³-hybridized carbons (Fsp3) is 0. The molecule has 7 aromatic rings. The van der Waals surface area contributed by atoms with Gasteiger partial charge in [-0.3, -0.25) is 4.57 Å². The molecule has 4 aromatic carbocycles. The minimum Gasteiger partial charge on any atom is -0.317 e. The van der Waals surface area contributed by atoms with E-state index in [0.29, 0.717) is 5.95 Å². The highest BCUT2D eigenvalue weighted by Gasteiger charge is 2.16. The molecular weight excluding hydrogens is 392 g/mol. The molecule has 0 bridgehead atoms. The van der Waals surface area contributed by atoms with Crippen LogP contribution in [0, 0.1) is 0 Å². The van der Waals surface area contributed by atoms with Gasteiger partial charge in [-0.15, -0.1) is 0 Å². The Bertz CT molecular complexity index is 1770. The van der Waals surface area contributed by atoms with E-state index in [1.165, 1.54) is 21.7 Å². The standard InChI is InChI=1S/C28H18N4/c1-2-9-21(10-3-1)31-15-14-19-16-27-23(17-26(19)31)22-11-5-7-13-25(22)32(27)28-29-18-20-8-4-6-12-24(20)30-28/h1-18H. The number of rotatable bonds is 2. The molecule has 7 rings (SSSR count). The fourth-order valence-electron chi connectivity index (χ4n) is 4.70. The van der Waals surface area contributed by atoms with Crippen molar-refractivity contribution in [2.24, 2.45) is 0 Å². The minimum absolute atomic E-state index is 0.691. The van der Waals surface area contributed by atoms with E-state index in [1.54, 1.807) is 0 Å². The lowest BCUT2D eigenvalue weighted by atomic mass is 10.1. The van der Waals surface area contributed by atoms with Crippen molar-refractivity contribution < 1.29 is 0 Å². The number of para-hydroxylation sites is 3. The van der Waals surface area contributed by atoms with Crippen LogP contribution >= 0.6 is 0 Å². The van der Waals surface area contributed by atoms with Crippen molar-refractivity contribution in [3.05, 3.63) is 109 Å². The lowest BCUT2D eigenvalue weighted by Crippen LogP contribution is -2.00. The lowest BCUT2D eigenvalue weighted by Gasteiger charge is -2.08. The van der Waals surface area contributed by atoms with Crippen molar-refractivity contribution in [2.45, 2.75) is 0 Å². The van der Waals surface area contributed by atoms with E-state index in [1.807, 2.05) is 36.5 Å². The van der Waals surface area contributed by atoms with Crippen molar-refractivity contribution in [2.75, 3.05) is 0 Å². The first-order chi connectivity index (χ1) is 15.9. The fourth-order valence-corrected chi connectivity index (χ4v) is 4.70. The molecule has 0 fully saturated rings. The van der Waals surface area contributed by atoms with Crippen LogP contribution in [-0.2, 0) is 0 Å². The summed E-state index contributed by atoms with van der Waals surface area (Å²) in [6, 6.07) is 33.8. The van der Waals surface area contributed by atoms with Crippen LogP contribution in [0.15, 0.2) is 109 Å². The molecule has 0 saturated heterocycles. The summed E-state index contributed by atoms with van der Waals surface area (Å²) < 4.78 is 4.42. The van der Waals surface area contributed by atoms with Gasteiger partial charge in [0.2, 0.25) is 5.95 Å². The zero-order valence-corrected chi connectivity index (χ0v) is 17.2. The third-order valence-corrected chi connectivity index (χ3v) is 6.19. The van der Waals surface area contributed by atoms with E-state index in [2.05, 4.69) is 82.1 Å². The second-order valence-electron chi connectivity index (χ2n) is 8.03. The molecule has 0 spiro atoms. The molecule has 0 saturated carbocycles. The number of hydrogen-bond donors (Lipinski definition) is 0. The Morgan fingerprint density at radius 2 is 1.41 bits per heavy atom. The molecule has 0 aliphatic carbocycles. The van der Waals surface area contributed by atoms with E-state index in [4.69, 9.17) is 9.97 Å². The lowest BCUT2D eigenvalue weighted by molar-refractivity contribution is 1.01. The Labute approximate surface area is 184 Å². The van der Waals surface area contributed by atoms with Crippen LogP contribution in [0.4, 0.5) is 0 Å². The van der Waals surface area contributed by atoms with Gasteiger partial charge in [-0.1, -0.05) is 54.6 Å². The van der Waals surface area contributed by atoms with Crippen LogP contribution in [0.5, 0.6) is 0 Å². The molecule has 0 atom stereocenters. The van der Waals surface area contributed by atoms with Gasteiger partial charge < -0.3 is 4.57 Å². The van der Waals surface area contributed by atoms with Crippen LogP contribution in [0.2, 0.25) is 0 Å². The summed E-state index contributed by atoms with van der Waals surface area (Å²) in [4.78, 5) is 9.63. The Hall–Kier alpha value is -4.44. The van der Waals surface area contributed by atoms with Gasteiger partial charge in [0, 0.05) is 39.6 Å². The molecule has 0 amide bonds. The topological polar surface area (TPSA) is 35.6 Å². The highest BCUT2D eigenvalue weighted by atomic mass is 15.2. The predicted molar refractivity (Wildman–Crippen MR) is 131 cm³/mol. The number of hydrogen-bond acceptors (Lipinski definition) is 2. The van der Waals surface area contributed by atoms with Crippen LogP contribution in [0.25, 0.3) is 55.2 Å². The normalized spacial score (nSPS) is 11.8. The van der Waals surface area contributed by atoms with Crippen LogP contribution in [0.1, 0.15) is 0 Å². The van der Waals surface area contributed by atoms with Crippen molar-refractivity contribution in [1.82, 2.24) is 19.1 Å². The number of aromatic nitrogens is 4. The Kier molecular flexibility index (Phi) is 3.52. The van der Waals surface area contributed by atoms with Gasteiger partial charge in [0.1, 0.15) is 0 Å². The molecule has 0 unspecified atom stereocenters. The average Bonchev–Trinajstić information content (AvgIpc) is 3.41. The highest BCUT2D eigenvalue weighted by molar-refractivity contribution is 6.13. The third kappa shape index (κ3) is 2.44. The maximum Gasteiger partial charge on any atom is 0.235 e. The summed E-state index contributed by atoms with van der Waals surface area (Å²) in [5.74, 6) is 0.691. The SMILES string of the molecule is c1ccc(-n2ccc3cc4c(cc32)c2ccccc2n4-c2ncc3ccccc3n2)cc1. The van der Waals surface area contributed by atoms with Crippen molar-refractivity contribution in [1.29, 1.82) is 0 Å². The van der Waals surface area contributed by atoms with Gasteiger partial charge in [-0.05, 0) is 42.5 Å². The molecular formula is C28H18N4. The summed E-state index contributed by atoms with van der Waals surface area (Å²) in [6.07, 6.45) is 4.04. The van der Waals surface area contributed by atoms with Gasteiger partial charge in [-0.25, -0.2) is 9.97 Å². The van der Waals surface area contributed by atoms with E-state index < -0.39 is 0 Å². The van der Waals surface area contributed by atoms with Gasteiger partial charge in [-0.2, -0.15) is 0 Å². The van der Waals surface area contributed by atoms with Gasteiger partial charge >= 0.3 is 0 Å². The van der Waals surface area contributed by atoms with E-state index in [-0.39, 0.29) is 0 Å². The van der Waals surface area contributed by atoms with E-state index in [9.17, 15) is 0 Å². The molecule has 0 radical (unpaired) electrons. The second-order valence-corrected chi connectivity index (χ2v) is 8.03. The molecule has 3 aromatic heterocycles. The molecule has 3 heterocycles. The summed E-state index contributed by atoms with van der Waals surface area (Å²) in [5.41, 5.74) is 5.51. The Morgan fingerprint density at radius 1 is 0.594 bits per heavy atom. The molecule has 150 valence electrons. The predicted octanol–water partition coefficient (Wildman–Crippen LogP) is 6.67. The van der Waals surface area contributed by atoms with Crippen molar-refractivity contribution in [3.63, 3.8) is 0 Å². The zero-order valence-electron chi connectivity index (χ0n) is 17.2. The Balaban J connectivity index is 1.57. The molecule has 0 N–H and O–H groups in total. The van der Waals surface area contributed by atoms with E-state index in [0.717, 1.165) is 27.6 Å². The van der Waals surface area contributed by atoms with E-state index >= 15 is 0 Å². The largest absolute Gasteiger partial charge is 0.317 e. The minimum atomic E-state index is 0.691. The van der Waals surface area contributed by atoms with Crippen molar-refractivity contribution >= 4 is 43.6 Å². The first kappa shape index (κ1) is 17.3. The quantitative estimate of drug-likeness (QED) is 0.319. The maximum absolute atomic E-state index is 4.90.